The topological polar surface area (TPSA) is 30.5 Å². The van der Waals surface area contributed by atoms with Crippen LogP contribution in [0.1, 0.15) is 19.3 Å². The van der Waals surface area contributed by atoms with Crippen LogP contribution in [0.2, 0.25) is 0 Å². The zero-order chi connectivity index (χ0) is 11.9. The molecule has 0 saturated heterocycles. The molecule has 3 heteroatoms. The standard InChI is InChI=1S/C14H21NO2/c1-16-13-7-2-3-8-14(13)17-10-9-15-11-12-5-4-6-12/h2-3,7-8,12,15H,4-6,9-11H2,1H3. The number of hydrogen-bond acceptors (Lipinski definition) is 3. The lowest BCUT2D eigenvalue weighted by Crippen LogP contribution is -2.30. The third kappa shape index (κ3) is 3.63. The van der Waals surface area contributed by atoms with Gasteiger partial charge in [0.15, 0.2) is 11.5 Å². The smallest absolute Gasteiger partial charge is 0.161 e. The SMILES string of the molecule is COc1ccccc1OCCNCC1CCC1. The van der Waals surface area contributed by atoms with E-state index < -0.39 is 0 Å². The highest BCUT2D eigenvalue weighted by molar-refractivity contribution is 5.39. The van der Waals surface area contributed by atoms with Crippen molar-refractivity contribution < 1.29 is 9.47 Å². The average molecular weight is 235 g/mol. The predicted octanol–water partition coefficient (Wildman–Crippen LogP) is 2.46. The summed E-state index contributed by atoms with van der Waals surface area (Å²) in [5.74, 6) is 2.52. The first kappa shape index (κ1) is 12.2. The monoisotopic (exact) mass is 235 g/mol. The molecular formula is C14H21NO2. The summed E-state index contributed by atoms with van der Waals surface area (Å²) < 4.78 is 10.9. The predicted molar refractivity (Wildman–Crippen MR) is 68.7 cm³/mol. The molecular weight excluding hydrogens is 214 g/mol. The Hall–Kier alpha value is -1.22. The van der Waals surface area contributed by atoms with Crippen molar-refractivity contribution in [1.29, 1.82) is 0 Å². The zero-order valence-corrected chi connectivity index (χ0v) is 10.4. The Morgan fingerprint density at radius 2 is 2.00 bits per heavy atom. The molecule has 0 atom stereocenters. The Morgan fingerprint density at radius 1 is 1.24 bits per heavy atom. The summed E-state index contributed by atoms with van der Waals surface area (Å²) in [5.41, 5.74) is 0. The Morgan fingerprint density at radius 3 is 2.65 bits per heavy atom. The third-order valence-electron chi connectivity index (χ3n) is 3.26. The molecule has 1 aliphatic carbocycles. The summed E-state index contributed by atoms with van der Waals surface area (Å²) in [4.78, 5) is 0. The maximum atomic E-state index is 5.67. The van der Waals surface area contributed by atoms with E-state index in [4.69, 9.17) is 9.47 Å². The lowest BCUT2D eigenvalue weighted by molar-refractivity contribution is 0.268. The molecule has 0 radical (unpaired) electrons. The maximum absolute atomic E-state index is 5.67. The van der Waals surface area contributed by atoms with Crippen LogP contribution in [0.5, 0.6) is 11.5 Å². The number of hydrogen-bond donors (Lipinski definition) is 1. The van der Waals surface area contributed by atoms with Crippen LogP contribution in [-0.2, 0) is 0 Å². The first-order valence-electron chi connectivity index (χ1n) is 6.36. The van der Waals surface area contributed by atoms with E-state index in [0.29, 0.717) is 6.61 Å². The van der Waals surface area contributed by atoms with Crippen LogP contribution in [0.25, 0.3) is 0 Å². The Labute approximate surface area is 103 Å². The molecule has 1 saturated carbocycles. The lowest BCUT2D eigenvalue weighted by Gasteiger charge is -2.25. The van der Waals surface area contributed by atoms with E-state index in [1.165, 1.54) is 19.3 Å². The van der Waals surface area contributed by atoms with Gasteiger partial charge in [0.2, 0.25) is 0 Å². The van der Waals surface area contributed by atoms with Crippen molar-refractivity contribution in [2.75, 3.05) is 26.8 Å². The molecule has 1 aromatic rings. The highest BCUT2D eigenvalue weighted by Crippen LogP contribution is 2.26. The molecule has 2 rings (SSSR count). The molecule has 0 aliphatic heterocycles. The van der Waals surface area contributed by atoms with E-state index in [2.05, 4.69) is 5.32 Å². The number of nitrogens with one attached hydrogen (secondary N) is 1. The first-order valence-corrected chi connectivity index (χ1v) is 6.36. The molecule has 1 aliphatic rings. The van der Waals surface area contributed by atoms with Gasteiger partial charge in [0, 0.05) is 6.54 Å². The van der Waals surface area contributed by atoms with Crippen LogP contribution >= 0.6 is 0 Å². The van der Waals surface area contributed by atoms with Crippen molar-refractivity contribution in [3.8, 4) is 11.5 Å². The molecule has 17 heavy (non-hydrogen) atoms. The highest BCUT2D eigenvalue weighted by Gasteiger charge is 2.16. The minimum Gasteiger partial charge on any atom is -0.493 e. The van der Waals surface area contributed by atoms with Gasteiger partial charge in [-0.05, 0) is 37.4 Å². The fraction of sp³-hybridized carbons (Fsp3) is 0.571. The minimum absolute atomic E-state index is 0.688. The fourth-order valence-corrected chi connectivity index (χ4v) is 1.97. The second-order valence-corrected chi connectivity index (χ2v) is 4.50. The van der Waals surface area contributed by atoms with Gasteiger partial charge in [-0.1, -0.05) is 18.6 Å². The van der Waals surface area contributed by atoms with Crippen molar-refractivity contribution in [2.45, 2.75) is 19.3 Å². The van der Waals surface area contributed by atoms with Gasteiger partial charge in [-0.25, -0.2) is 0 Å². The third-order valence-corrected chi connectivity index (χ3v) is 3.26. The van der Waals surface area contributed by atoms with E-state index in [1.54, 1.807) is 7.11 Å². The average Bonchev–Trinajstić information content (AvgIpc) is 2.32. The van der Waals surface area contributed by atoms with Gasteiger partial charge in [0.1, 0.15) is 6.61 Å². The van der Waals surface area contributed by atoms with E-state index in [0.717, 1.165) is 30.5 Å². The summed E-state index contributed by atoms with van der Waals surface area (Å²) >= 11 is 0. The number of methoxy groups -OCH3 is 1. The minimum atomic E-state index is 0.688. The second kappa shape index (κ2) is 6.50. The van der Waals surface area contributed by atoms with Gasteiger partial charge in [-0.3, -0.25) is 0 Å². The van der Waals surface area contributed by atoms with Gasteiger partial charge in [0.05, 0.1) is 7.11 Å². The maximum Gasteiger partial charge on any atom is 0.161 e. The van der Waals surface area contributed by atoms with Gasteiger partial charge in [-0.2, -0.15) is 0 Å². The zero-order valence-electron chi connectivity index (χ0n) is 10.4. The summed E-state index contributed by atoms with van der Waals surface area (Å²) in [6, 6.07) is 7.75. The second-order valence-electron chi connectivity index (χ2n) is 4.50. The Balaban J connectivity index is 1.63. The molecule has 3 nitrogen and oxygen atoms in total. The molecule has 1 fully saturated rings. The number of ether oxygens (including phenoxy) is 2. The Bertz CT molecular complexity index is 337. The van der Waals surface area contributed by atoms with Crippen molar-refractivity contribution >= 4 is 0 Å². The summed E-state index contributed by atoms with van der Waals surface area (Å²) in [6.45, 7) is 2.72. The molecule has 0 unspecified atom stereocenters. The fourth-order valence-electron chi connectivity index (χ4n) is 1.97. The molecule has 1 aromatic carbocycles. The molecule has 0 bridgehead atoms. The summed E-state index contributed by atoms with van der Waals surface area (Å²) in [5, 5.41) is 3.43. The molecule has 0 amide bonds. The van der Waals surface area contributed by atoms with Gasteiger partial charge in [-0.15, -0.1) is 0 Å². The largest absolute Gasteiger partial charge is 0.493 e. The van der Waals surface area contributed by atoms with Crippen LogP contribution < -0.4 is 14.8 Å². The van der Waals surface area contributed by atoms with Crippen LogP contribution in [0.15, 0.2) is 24.3 Å². The van der Waals surface area contributed by atoms with Crippen LogP contribution in [0, 0.1) is 5.92 Å². The lowest BCUT2D eigenvalue weighted by atomic mass is 9.85. The van der Waals surface area contributed by atoms with Crippen molar-refractivity contribution in [3.05, 3.63) is 24.3 Å². The van der Waals surface area contributed by atoms with Crippen LogP contribution in [0.4, 0.5) is 0 Å². The first-order chi connectivity index (χ1) is 8.40. The van der Waals surface area contributed by atoms with E-state index in [1.807, 2.05) is 24.3 Å². The van der Waals surface area contributed by atoms with Crippen molar-refractivity contribution in [1.82, 2.24) is 5.32 Å². The number of benzene rings is 1. The molecule has 1 N–H and O–H groups in total. The molecule has 0 spiro atoms. The number of para-hydroxylation sites is 2. The summed E-state index contributed by atoms with van der Waals surface area (Å²) in [7, 11) is 1.66. The molecule has 94 valence electrons. The molecule has 0 aromatic heterocycles. The molecule has 0 heterocycles. The van der Waals surface area contributed by atoms with Crippen LogP contribution in [0.3, 0.4) is 0 Å². The van der Waals surface area contributed by atoms with Gasteiger partial charge in [0.25, 0.3) is 0 Å². The van der Waals surface area contributed by atoms with E-state index in [9.17, 15) is 0 Å². The Kier molecular flexibility index (Phi) is 4.68. The van der Waals surface area contributed by atoms with Gasteiger partial charge >= 0.3 is 0 Å². The van der Waals surface area contributed by atoms with E-state index in [-0.39, 0.29) is 0 Å². The van der Waals surface area contributed by atoms with Gasteiger partial charge < -0.3 is 14.8 Å². The van der Waals surface area contributed by atoms with Crippen molar-refractivity contribution in [2.24, 2.45) is 5.92 Å². The number of rotatable bonds is 7. The van der Waals surface area contributed by atoms with Crippen molar-refractivity contribution in [3.63, 3.8) is 0 Å². The normalized spacial score (nSPS) is 15.4. The quantitative estimate of drug-likeness (QED) is 0.736. The van der Waals surface area contributed by atoms with E-state index >= 15 is 0 Å². The summed E-state index contributed by atoms with van der Waals surface area (Å²) in [6.07, 6.45) is 4.19. The highest BCUT2D eigenvalue weighted by atomic mass is 16.5. The van der Waals surface area contributed by atoms with Crippen LogP contribution in [-0.4, -0.2) is 26.8 Å².